The molecular weight excluding hydrogens is 176 g/mol. The summed E-state index contributed by atoms with van der Waals surface area (Å²) in [5.74, 6) is -0.824. The van der Waals surface area contributed by atoms with Gasteiger partial charge in [-0.15, -0.1) is 0 Å². The Balaban J connectivity index is -0.000000266. The van der Waals surface area contributed by atoms with Gasteiger partial charge in [0.15, 0.2) is 0 Å². The van der Waals surface area contributed by atoms with E-state index in [4.69, 9.17) is 0 Å². The Kier molecular flexibility index (Phi) is 16.7. The van der Waals surface area contributed by atoms with Crippen LogP contribution < -0.4 is 0 Å². The molecule has 0 amide bonds. The van der Waals surface area contributed by atoms with E-state index in [9.17, 15) is 9.59 Å². The van der Waals surface area contributed by atoms with Crippen LogP contribution in [0.3, 0.4) is 0 Å². The van der Waals surface area contributed by atoms with Crippen LogP contribution in [-0.2, 0) is 9.59 Å². The normalized spacial score (nSPS) is 8.43. The molecule has 0 saturated heterocycles. The van der Waals surface area contributed by atoms with Gasteiger partial charge in [-0.2, -0.15) is 0 Å². The van der Waals surface area contributed by atoms with Crippen molar-refractivity contribution < 1.29 is 9.59 Å². The largest absolute Gasteiger partial charge is 0.291 e. The summed E-state index contributed by atoms with van der Waals surface area (Å²) in [5, 5.41) is 0. The maximum Gasteiger partial charge on any atom is 0.201 e. The number of hydrogen-bond donors (Lipinski definition) is 0. The van der Waals surface area contributed by atoms with Gasteiger partial charge in [-0.3, -0.25) is 9.59 Å². The molecular formula is C12H26O2. The highest BCUT2D eigenvalue weighted by Crippen LogP contribution is 2.02. The standard InChI is InChI=1S/C8H14O2.2C2H6/c1-5(2)7(9)8(10)6(3)4;2*1-2/h5-6H,1-4H3;2*1-2H3. The maximum atomic E-state index is 10.9. The molecule has 0 fully saturated rings. The lowest BCUT2D eigenvalue weighted by atomic mass is 9.98. The van der Waals surface area contributed by atoms with E-state index in [1.165, 1.54) is 0 Å². The third kappa shape index (κ3) is 9.43. The second-order valence-corrected chi connectivity index (χ2v) is 3.04. The third-order valence-corrected chi connectivity index (χ3v) is 1.29. The van der Waals surface area contributed by atoms with Crippen LogP contribution in [0.2, 0.25) is 0 Å². The highest BCUT2D eigenvalue weighted by molar-refractivity contribution is 6.38. The van der Waals surface area contributed by atoms with Crippen molar-refractivity contribution in [2.24, 2.45) is 11.8 Å². The first kappa shape index (κ1) is 19.0. The van der Waals surface area contributed by atoms with Crippen molar-refractivity contribution in [3.63, 3.8) is 0 Å². The molecule has 0 radical (unpaired) electrons. The lowest BCUT2D eigenvalue weighted by molar-refractivity contribution is -0.140. The van der Waals surface area contributed by atoms with Crippen LogP contribution >= 0.6 is 0 Å². The summed E-state index contributed by atoms with van der Waals surface area (Å²) in [6.45, 7) is 15.0. The predicted molar refractivity (Wildman–Crippen MR) is 62.4 cm³/mol. The Morgan fingerprint density at radius 3 is 0.857 bits per heavy atom. The molecule has 14 heavy (non-hydrogen) atoms. The first-order chi connectivity index (χ1) is 6.46. The summed E-state index contributed by atoms with van der Waals surface area (Å²) in [5.41, 5.74) is 0. The number of carbonyl (C=O) groups is 2. The lowest BCUT2D eigenvalue weighted by Crippen LogP contribution is -2.23. The highest BCUT2D eigenvalue weighted by Gasteiger charge is 2.19. The fourth-order valence-corrected chi connectivity index (χ4v) is 0.569. The average molecular weight is 202 g/mol. The molecule has 0 rings (SSSR count). The van der Waals surface area contributed by atoms with Crippen LogP contribution in [0, 0.1) is 11.8 Å². The van der Waals surface area contributed by atoms with E-state index in [1.807, 2.05) is 27.7 Å². The molecule has 0 saturated carbocycles. The van der Waals surface area contributed by atoms with E-state index < -0.39 is 0 Å². The first-order valence-electron chi connectivity index (χ1n) is 5.54. The molecule has 0 atom stereocenters. The van der Waals surface area contributed by atoms with Crippen molar-refractivity contribution in [1.82, 2.24) is 0 Å². The number of ketones is 2. The van der Waals surface area contributed by atoms with Gasteiger partial charge in [0.05, 0.1) is 0 Å². The zero-order valence-electron chi connectivity index (χ0n) is 11.0. The van der Waals surface area contributed by atoms with Crippen LogP contribution in [0.4, 0.5) is 0 Å². The van der Waals surface area contributed by atoms with Crippen molar-refractivity contribution in [1.29, 1.82) is 0 Å². The van der Waals surface area contributed by atoms with Gasteiger partial charge in [-0.25, -0.2) is 0 Å². The number of hydrogen-bond acceptors (Lipinski definition) is 2. The Morgan fingerprint density at radius 1 is 0.643 bits per heavy atom. The number of Topliss-reactive ketones (excluding diaryl/α,β-unsaturated/α-hetero) is 2. The smallest absolute Gasteiger partial charge is 0.201 e. The van der Waals surface area contributed by atoms with Gasteiger partial charge in [0.1, 0.15) is 0 Å². The van der Waals surface area contributed by atoms with Gasteiger partial charge < -0.3 is 0 Å². The van der Waals surface area contributed by atoms with Crippen molar-refractivity contribution in [2.75, 3.05) is 0 Å². The molecule has 0 aliphatic heterocycles. The summed E-state index contributed by atoms with van der Waals surface area (Å²) in [6, 6.07) is 0. The minimum absolute atomic E-state index is 0.157. The minimum atomic E-state index is -0.255. The van der Waals surface area contributed by atoms with Crippen LogP contribution in [0.25, 0.3) is 0 Å². The molecule has 2 heteroatoms. The second-order valence-electron chi connectivity index (χ2n) is 3.04. The molecule has 0 unspecified atom stereocenters. The third-order valence-electron chi connectivity index (χ3n) is 1.29. The lowest BCUT2D eigenvalue weighted by Gasteiger charge is -2.04. The molecule has 86 valence electrons. The minimum Gasteiger partial charge on any atom is -0.291 e. The zero-order valence-corrected chi connectivity index (χ0v) is 11.0. The van der Waals surface area contributed by atoms with E-state index in [-0.39, 0.29) is 23.4 Å². The molecule has 0 aromatic rings. The fourth-order valence-electron chi connectivity index (χ4n) is 0.569. The molecule has 0 N–H and O–H groups in total. The summed E-state index contributed by atoms with van der Waals surface area (Å²) >= 11 is 0. The summed E-state index contributed by atoms with van der Waals surface area (Å²) in [6.07, 6.45) is 0. The summed E-state index contributed by atoms with van der Waals surface area (Å²) in [4.78, 5) is 21.9. The summed E-state index contributed by atoms with van der Waals surface area (Å²) < 4.78 is 0. The number of rotatable bonds is 3. The molecule has 2 nitrogen and oxygen atoms in total. The SMILES string of the molecule is CC.CC.CC(C)C(=O)C(=O)C(C)C. The van der Waals surface area contributed by atoms with Crippen LogP contribution in [-0.4, -0.2) is 11.6 Å². The number of carbonyl (C=O) groups excluding carboxylic acids is 2. The van der Waals surface area contributed by atoms with Gasteiger partial charge in [-0.05, 0) is 0 Å². The van der Waals surface area contributed by atoms with E-state index in [1.54, 1.807) is 27.7 Å². The van der Waals surface area contributed by atoms with Gasteiger partial charge >= 0.3 is 0 Å². The fraction of sp³-hybridized carbons (Fsp3) is 0.833. The van der Waals surface area contributed by atoms with Gasteiger partial charge in [0.2, 0.25) is 11.6 Å². The van der Waals surface area contributed by atoms with Crippen molar-refractivity contribution >= 4 is 11.6 Å². The van der Waals surface area contributed by atoms with Crippen molar-refractivity contribution in [2.45, 2.75) is 55.4 Å². The molecule has 0 aliphatic rings. The van der Waals surface area contributed by atoms with Crippen LogP contribution in [0.15, 0.2) is 0 Å². The Labute approximate surface area is 89.1 Å². The Bertz CT molecular complexity index is 128. The Morgan fingerprint density at radius 2 is 0.786 bits per heavy atom. The van der Waals surface area contributed by atoms with E-state index in [2.05, 4.69) is 0 Å². The predicted octanol–water partition coefficient (Wildman–Crippen LogP) is 3.49. The van der Waals surface area contributed by atoms with Gasteiger partial charge in [-0.1, -0.05) is 55.4 Å². The average Bonchev–Trinajstić information content (AvgIpc) is 2.21. The molecule has 0 heterocycles. The van der Waals surface area contributed by atoms with Crippen molar-refractivity contribution in [3.8, 4) is 0 Å². The topological polar surface area (TPSA) is 34.1 Å². The first-order valence-corrected chi connectivity index (χ1v) is 5.54. The van der Waals surface area contributed by atoms with Crippen molar-refractivity contribution in [3.05, 3.63) is 0 Å². The maximum absolute atomic E-state index is 10.9. The monoisotopic (exact) mass is 202 g/mol. The van der Waals surface area contributed by atoms with E-state index in [0.29, 0.717) is 0 Å². The zero-order chi connectivity index (χ0) is 12.3. The molecule has 0 spiro atoms. The van der Waals surface area contributed by atoms with Crippen LogP contribution in [0.1, 0.15) is 55.4 Å². The molecule has 0 aromatic carbocycles. The molecule has 0 aliphatic carbocycles. The highest BCUT2D eigenvalue weighted by atomic mass is 16.2. The van der Waals surface area contributed by atoms with Gasteiger partial charge in [0, 0.05) is 11.8 Å². The van der Waals surface area contributed by atoms with Crippen LogP contribution in [0.5, 0.6) is 0 Å². The quantitative estimate of drug-likeness (QED) is 0.656. The van der Waals surface area contributed by atoms with E-state index in [0.717, 1.165) is 0 Å². The van der Waals surface area contributed by atoms with E-state index >= 15 is 0 Å². The Hall–Kier alpha value is -0.660. The second kappa shape index (κ2) is 12.3. The molecule has 0 aromatic heterocycles. The summed E-state index contributed by atoms with van der Waals surface area (Å²) in [7, 11) is 0. The molecule has 0 bridgehead atoms. The van der Waals surface area contributed by atoms with Gasteiger partial charge in [0.25, 0.3) is 0 Å².